The van der Waals surface area contributed by atoms with Gasteiger partial charge in [-0.25, -0.2) is 0 Å². The highest BCUT2D eigenvalue weighted by atomic mass is 16.8. The van der Waals surface area contributed by atoms with Gasteiger partial charge in [0.15, 0.2) is 18.9 Å². The van der Waals surface area contributed by atoms with Crippen molar-refractivity contribution >= 4 is 5.91 Å². The second-order valence-electron chi connectivity index (χ2n) is 23.2. The molecule has 3 saturated heterocycles. The number of nitrogens with one attached hydrogen (secondary N) is 1. The third-order valence-corrected chi connectivity index (χ3v) is 16.0. The molecular formula is C66H115NO18. The molecule has 0 aromatic heterocycles. The van der Waals surface area contributed by atoms with Crippen molar-refractivity contribution in [2.75, 3.05) is 26.4 Å². The standard InChI is InChI=1S/C66H115NO18/c1-3-5-7-8-9-10-11-12-13-14-15-16-17-18-19-20-21-22-23-24-25-26-27-28-29-30-31-32-33-34-35-36-37-38-39-40-42-44-54(72)67-49(50(71)43-41-6-4-2)48-80-64-60(78)57(75)62(52(46-69)82-64)85-66-61(79)58(76)63(53(47-70)83-66)84-65-59(77)56(74)55(73)51(45-68)81-65/h5,7,9-10,12-13,15-16,18-19,41,43,49-53,55-66,68-71,73-79H,3-4,6,8,11,14,17,20-40,42,44-48H2,1-2H3,(H,67,72)/b7-5-,10-9-,13-12-,16-15-,19-18-,43-41+. The van der Waals surface area contributed by atoms with Gasteiger partial charge in [-0.3, -0.25) is 4.79 Å². The Hall–Kier alpha value is -2.77. The molecule has 3 rings (SSSR count). The first-order chi connectivity index (χ1) is 41.3. The fraction of sp³-hybridized carbons (Fsp3) is 0.803. The van der Waals surface area contributed by atoms with E-state index in [9.17, 15) is 61.0 Å². The largest absolute Gasteiger partial charge is 0.394 e. The van der Waals surface area contributed by atoms with Crippen molar-refractivity contribution in [2.45, 2.75) is 311 Å². The predicted octanol–water partition coefficient (Wildman–Crippen LogP) is 7.38. The minimum Gasteiger partial charge on any atom is -0.394 e. The summed E-state index contributed by atoms with van der Waals surface area (Å²) >= 11 is 0. The van der Waals surface area contributed by atoms with Crippen LogP contribution in [0.15, 0.2) is 72.9 Å². The van der Waals surface area contributed by atoms with E-state index >= 15 is 0 Å². The Balaban J connectivity index is 1.22. The molecular weight excluding hydrogens is 1090 g/mol. The average molecular weight is 1210 g/mol. The van der Waals surface area contributed by atoms with E-state index in [4.69, 9.17) is 28.4 Å². The van der Waals surface area contributed by atoms with E-state index in [-0.39, 0.29) is 18.9 Å². The van der Waals surface area contributed by atoms with E-state index < -0.39 is 124 Å². The van der Waals surface area contributed by atoms with Crippen molar-refractivity contribution in [3.63, 3.8) is 0 Å². The van der Waals surface area contributed by atoms with Gasteiger partial charge in [-0.2, -0.15) is 0 Å². The smallest absolute Gasteiger partial charge is 0.220 e. The van der Waals surface area contributed by atoms with Gasteiger partial charge in [-0.15, -0.1) is 0 Å². The Bertz CT molecular complexity index is 1830. The van der Waals surface area contributed by atoms with Crippen molar-refractivity contribution in [3.05, 3.63) is 72.9 Å². The maximum Gasteiger partial charge on any atom is 0.220 e. The van der Waals surface area contributed by atoms with Crippen LogP contribution in [0.1, 0.15) is 206 Å². The van der Waals surface area contributed by atoms with Gasteiger partial charge in [0, 0.05) is 6.42 Å². The molecule has 3 fully saturated rings. The molecule has 85 heavy (non-hydrogen) atoms. The molecule has 0 aliphatic carbocycles. The third kappa shape index (κ3) is 31.0. The van der Waals surface area contributed by atoms with Gasteiger partial charge in [0.2, 0.25) is 5.91 Å². The Kier molecular flexibility index (Phi) is 43.3. The maximum absolute atomic E-state index is 13.2. The Morgan fingerprint density at radius 3 is 1.25 bits per heavy atom. The lowest BCUT2D eigenvalue weighted by atomic mass is 9.96. The topological polar surface area (TPSA) is 307 Å². The van der Waals surface area contributed by atoms with Crippen LogP contribution in [0.4, 0.5) is 0 Å². The molecule has 3 heterocycles. The molecule has 3 aliphatic rings. The quantitative estimate of drug-likeness (QED) is 0.0209. The van der Waals surface area contributed by atoms with Gasteiger partial charge >= 0.3 is 0 Å². The number of hydrogen-bond acceptors (Lipinski definition) is 18. The first-order valence-electron chi connectivity index (χ1n) is 32.7. The minimum absolute atomic E-state index is 0.240. The lowest BCUT2D eigenvalue weighted by Crippen LogP contribution is -2.66. The molecule has 3 aliphatic heterocycles. The predicted molar refractivity (Wildman–Crippen MR) is 328 cm³/mol. The van der Waals surface area contributed by atoms with Crippen LogP contribution >= 0.6 is 0 Å². The van der Waals surface area contributed by atoms with Crippen LogP contribution in [0.2, 0.25) is 0 Å². The van der Waals surface area contributed by atoms with Crippen molar-refractivity contribution in [1.82, 2.24) is 5.32 Å². The molecule has 17 atom stereocenters. The summed E-state index contributed by atoms with van der Waals surface area (Å²) in [4.78, 5) is 13.2. The highest BCUT2D eigenvalue weighted by molar-refractivity contribution is 5.76. The molecule has 0 saturated carbocycles. The molecule has 17 unspecified atom stereocenters. The van der Waals surface area contributed by atoms with Crippen LogP contribution in [0.5, 0.6) is 0 Å². The number of rotatable bonds is 48. The van der Waals surface area contributed by atoms with Crippen LogP contribution in [0.25, 0.3) is 0 Å². The van der Waals surface area contributed by atoms with Gasteiger partial charge in [0.1, 0.15) is 73.2 Å². The normalized spacial score (nSPS) is 29.4. The zero-order valence-electron chi connectivity index (χ0n) is 51.6. The maximum atomic E-state index is 13.2. The van der Waals surface area contributed by atoms with Crippen LogP contribution in [-0.4, -0.2) is 193 Å². The van der Waals surface area contributed by atoms with Crippen molar-refractivity contribution in [1.29, 1.82) is 0 Å². The van der Waals surface area contributed by atoms with Crippen molar-refractivity contribution in [3.8, 4) is 0 Å². The molecule has 492 valence electrons. The van der Waals surface area contributed by atoms with E-state index in [0.717, 1.165) is 57.8 Å². The lowest BCUT2D eigenvalue weighted by molar-refractivity contribution is -0.379. The summed E-state index contributed by atoms with van der Waals surface area (Å²) in [6.07, 6.45) is 33.4. The molecule has 0 aromatic carbocycles. The third-order valence-electron chi connectivity index (χ3n) is 16.0. The van der Waals surface area contributed by atoms with Crippen LogP contribution in [0.3, 0.4) is 0 Å². The average Bonchev–Trinajstić information content (AvgIpc) is 3.44. The number of aliphatic hydroxyl groups excluding tert-OH is 11. The molecule has 0 aromatic rings. The number of carbonyl (C=O) groups excluding carboxylic acids is 1. The SMILES string of the molecule is CC/C=C\C/C=C\C/C=C\C/C=C\C/C=C\CCCCCCCCCCCCCCCCCCCCCCCC(=O)NC(COC1OC(CO)C(OC2OC(CO)C(OC3OC(CO)C(O)C(O)C3O)C(O)C2O)C(O)C1O)C(O)/C=C/CCC. The monoisotopic (exact) mass is 1210 g/mol. The first kappa shape index (κ1) is 76.5. The van der Waals surface area contributed by atoms with E-state index in [2.05, 4.69) is 73.0 Å². The number of aliphatic hydroxyl groups is 11. The summed E-state index contributed by atoms with van der Waals surface area (Å²) in [5, 5.41) is 119. The summed E-state index contributed by atoms with van der Waals surface area (Å²) in [5.41, 5.74) is 0. The Morgan fingerprint density at radius 2 is 0.812 bits per heavy atom. The van der Waals surface area contributed by atoms with Crippen LogP contribution in [-0.2, 0) is 33.2 Å². The number of amides is 1. The van der Waals surface area contributed by atoms with Gasteiger partial charge in [-0.1, -0.05) is 215 Å². The Labute approximate surface area is 508 Å². The van der Waals surface area contributed by atoms with Gasteiger partial charge in [0.05, 0.1) is 38.6 Å². The fourth-order valence-electron chi connectivity index (χ4n) is 10.7. The molecule has 19 nitrogen and oxygen atoms in total. The number of allylic oxidation sites excluding steroid dienone is 11. The van der Waals surface area contributed by atoms with E-state index in [0.29, 0.717) is 12.8 Å². The minimum atomic E-state index is -1.98. The summed E-state index contributed by atoms with van der Waals surface area (Å²) in [6.45, 7) is 1.36. The number of hydrogen-bond donors (Lipinski definition) is 12. The zero-order valence-corrected chi connectivity index (χ0v) is 51.6. The summed E-state index contributed by atoms with van der Waals surface area (Å²) in [7, 11) is 0. The van der Waals surface area contributed by atoms with Gasteiger partial charge < -0.3 is 89.9 Å². The summed E-state index contributed by atoms with van der Waals surface area (Å²) in [6, 6.07) is -0.969. The second-order valence-corrected chi connectivity index (χ2v) is 23.2. The van der Waals surface area contributed by atoms with Crippen LogP contribution in [0, 0.1) is 0 Å². The molecule has 0 radical (unpaired) electrons. The van der Waals surface area contributed by atoms with Gasteiger partial charge in [0.25, 0.3) is 0 Å². The molecule has 1 amide bonds. The molecule has 12 N–H and O–H groups in total. The molecule has 0 bridgehead atoms. The number of ether oxygens (including phenoxy) is 6. The van der Waals surface area contributed by atoms with E-state index in [1.807, 2.05) is 6.92 Å². The highest BCUT2D eigenvalue weighted by Crippen LogP contribution is 2.33. The number of unbranched alkanes of at least 4 members (excludes halogenated alkanes) is 22. The highest BCUT2D eigenvalue weighted by Gasteiger charge is 2.53. The van der Waals surface area contributed by atoms with Crippen molar-refractivity contribution in [2.24, 2.45) is 0 Å². The number of carbonyl (C=O) groups is 1. The fourth-order valence-corrected chi connectivity index (χ4v) is 10.7. The Morgan fingerprint density at radius 1 is 0.435 bits per heavy atom. The van der Waals surface area contributed by atoms with E-state index in [1.165, 1.54) is 116 Å². The summed E-state index contributed by atoms with van der Waals surface area (Å²) < 4.78 is 34.0. The van der Waals surface area contributed by atoms with Crippen molar-refractivity contribution < 1.29 is 89.4 Å². The second kappa shape index (κ2) is 48.1. The first-order valence-corrected chi connectivity index (χ1v) is 32.7. The van der Waals surface area contributed by atoms with Crippen LogP contribution < -0.4 is 5.32 Å². The van der Waals surface area contributed by atoms with Gasteiger partial charge in [-0.05, 0) is 57.8 Å². The lowest BCUT2D eigenvalue weighted by Gasteiger charge is -2.48. The van der Waals surface area contributed by atoms with E-state index in [1.54, 1.807) is 12.2 Å². The summed E-state index contributed by atoms with van der Waals surface area (Å²) in [5.74, 6) is -0.288. The molecule has 0 spiro atoms. The molecule has 19 heteroatoms. The zero-order chi connectivity index (χ0) is 61.9.